The summed E-state index contributed by atoms with van der Waals surface area (Å²) in [5.74, 6) is 0. The molecule has 0 aromatic carbocycles. The molecule has 14 heavy (non-hydrogen) atoms. The normalized spacial score (nSPS) is 31.9. The highest BCUT2D eigenvalue weighted by atomic mass is 127. The van der Waals surface area contributed by atoms with E-state index in [1.54, 1.807) is 0 Å². The van der Waals surface area contributed by atoms with Gasteiger partial charge in [0.15, 0.2) is 0 Å². The fourth-order valence-electron chi connectivity index (χ4n) is 2.45. The van der Waals surface area contributed by atoms with Crippen LogP contribution in [0.15, 0.2) is 0 Å². The van der Waals surface area contributed by atoms with Crippen LogP contribution < -0.4 is 0 Å². The maximum atomic E-state index is 3.02. The van der Waals surface area contributed by atoms with Crippen LogP contribution in [0.25, 0.3) is 0 Å². The zero-order valence-electron chi connectivity index (χ0n) is 9.98. The summed E-state index contributed by atoms with van der Waals surface area (Å²) in [6.45, 7) is 6.32. The third kappa shape index (κ3) is 4.79. The molecule has 1 saturated carbocycles. The molecule has 0 spiro atoms. The van der Waals surface area contributed by atoms with Gasteiger partial charge in [-0.05, 0) is 36.8 Å². The zero-order chi connectivity index (χ0) is 11.0. The highest BCUT2D eigenvalue weighted by Crippen LogP contribution is 2.43. The van der Waals surface area contributed by atoms with Crippen LogP contribution in [0.3, 0.4) is 0 Å². The second kappa shape index (κ2) is 8.33. The first-order chi connectivity index (χ1) is 6.72. The van der Waals surface area contributed by atoms with Gasteiger partial charge in [0.05, 0.1) is 0 Å². The molecular formula is C12H26IP. The Kier molecular flexibility index (Phi) is 9.02. The van der Waals surface area contributed by atoms with Crippen LogP contribution in [0.4, 0.5) is 0 Å². The van der Waals surface area contributed by atoms with E-state index in [4.69, 9.17) is 0 Å². The lowest BCUT2D eigenvalue weighted by molar-refractivity contribution is 0.213. The topological polar surface area (TPSA) is 0 Å². The van der Waals surface area contributed by atoms with Crippen molar-refractivity contribution in [2.24, 2.45) is 5.41 Å². The minimum Gasteiger partial charge on any atom is -0.134 e. The van der Waals surface area contributed by atoms with Gasteiger partial charge in [0.25, 0.3) is 0 Å². The van der Waals surface area contributed by atoms with E-state index < -0.39 is 0 Å². The van der Waals surface area contributed by atoms with E-state index in [0.717, 1.165) is 5.66 Å². The molecule has 1 fully saturated rings. The van der Waals surface area contributed by atoms with E-state index in [1.807, 2.05) is 13.8 Å². The Balaban J connectivity index is 0.000000791. The zero-order valence-corrected chi connectivity index (χ0v) is 13.3. The molecule has 1 rings (SSSR count). The minimum atomic E-state index is 0.708. The van der Waals surface area contributed by atoms with Gasteiger partial charge in [0, 0.05) is 4.43 Å². The minimum absolute atomic E-state index is 0.708. The fraction of sp³-hybridized carbons (Fsp3) is 1.00. The summed E-state index contributed by atoms with van der Waals surface area (Å²) in [5.41, 5.74) is 1.61. The van der Waals surface area contributed by atoms with Crippen molar-refractivity contribution in [1.29, 1.82) is 0 Å². The third-order valence-electron chi connectivity index (χ3n) is 3.04. The maximum Gasteiger partial charge on any atom is 0.00522 e. The van der Waals surface area contributed by atoms with Crippen LogP contribution >= 0.6 is 31.8 Å². The van der Waals surface area contributed by atoms with E-state index in [2.05, 4.69) is 38.8 Å². The van der Waals surface area contributed by atoms with E-state index in [-0.39, 0.29) is 0 Å². The van der Waals surface area contributed by atoms with Gasteiger partial charge in [-0.3, -0.25) is 0 Å². The highest BCUT2D eigenvalue weighted by Gasteiger charge is 2.32. The molecule has 1 aliphatic carbocycles. The Bertz CT molecular complexity index is 134. The Morgan fingerprint density at radius 3 is 2.50 bits per heavy atom. The van der Waals surface area contributed by atoms with Crippen molar-refractivity contribution in [3.05, 3.63) is 0 Å². The van der Waals surface area contributed by atoms with Gasteiger partial charge in [-0.15, -0.1) is 9.24 Å². The van der Waals surface area contributed by atoms with Gasteiger partial charge >= 0.3 is 0 Å². The summed E-state index contributed by atoms with van der Waals surface area (Å²) in [4.78, 5) is 0. The van der Waals surface area contributed by atoms with Gasteiger partial charge in [-0.2, -0.15) is 0 Å². The lowest BCUT2D eigenvalue weighted by Gasteiger charge is -2.38. The van der Waals surface area contributed by atoms with Crippen LogP contribution in [0.1, 0.15) is 59.3 Å². The van der Waals surface area contributed by atoms with Crippen molar-refractivity contribution in [2.45, 2.75) is 65.0 Å². The van der Waals surface area contributed by atoms with Crippen LogP contribution in [0.5, 0.6) is 0 Å². The Morgan fingerprint density at radius 1 is 1.43 bits per heavy atom. The number of halogens is 1. The molecule has 0 nitrogen and oxygen atoms in total. The predicted octanol–water partition coefficient (Wildman–Crippen LogP) is 5.05. The van der Waals surface area contributed by atoms with Crippen molar-refractivity contribution in [3.8, 4) is 0 Å². The molecule has 0 radical (unpaired) electrons. The molecule has 1 aliphatic rings. The third-order valence-corrected chi connectivity index (χ3v) is 5.23. The molecule has 0 N–H and O–H groups in total. The molecule has 0 heterocycles. The first kappa shape index (κ1) is 15.2. The molecule has 0 aliphatic heterocycles. The quantitative estimate of drug-likeness (QED) is 0.386. The van der Waals surface area contributed by atoms with Crippen molar-refractivity contribution >= 4 is 31.8 Å². The van der Waals surface area contributed by atoms with Gasteiger partial charge < -0.3 is 0 Å². The molecule has 3 unspecified atom stereocenters. The molecule has 2 heteroatoms. The highest BCUT2D eigenvalue weighted by molar-refractivity contribution is 14.1. The summed E-state index contributed by atoms with van der Waals surface area (Å²) in [5, 5.41) is 0. The molecule has 0 aromatic rings. The molecule has 86 valence electrons. The molecule has 3 atom stereocenters. The van der Waals surface area contributed by atoms with Crippen molar-refractivity contribution in [1.82, 2.24) is 0 Å². The summed E-state index contributed by atoms with van der Waals surface area (Å²) >= 11 is 2.58. The fourth-order valence-corrected chi connectivity index (χ4v) is 4.26. The molecule has 0 aromatic heterocycles. The number of hydrogen-bond donors (Lipinski definition) is 0. The number of rotatable bonds is 3. The maximum absolute atomic E-state index is 3.02. The first-order valence-corrected chi connectivity index (χ1v) is 8.23. The number of alkyl halides is 1. The predicted molar refractivity (Wildman–Crippen MR) is 79.5 cm³/mol. The van der Waals surface area contributed by atoms with Gasteiger partial charge in [0.1, 0.15) is 0 Å². The van der Waals surface area contributed by atoms with Crippen LogP contribution in [0.2, 0.25) is 0 Å². The van der Waals surface area contributed by atoms with E-state index >= 15 is 0 Å². The second-order valence-corrected chi connectivity index (χ2v) is 5.95. The van der Waals surface area contributed by atoms with Crippen LogP contribution in [-0.4, -0.2) is 10.1 Å². The standard InChI is InChI=1S/C10H20IP.C2H6/c1-2-5-10(8-11)6-3-4-9(12)7-10;1-2/h9H,2-8,12H2,1H3;1-2H3. The van der Waals surface area contributed by atoms with Crippen molar-refractivity contribution in [3.63, 3.8) is 0 Å². The monoisotopic (exact) mass is 328 g/mol. The lowest BCUT2D eigenvalue weighted by atomic mass is 9.73. The van der Waals surface area contributed by atoms with Crippen LogP contribution in [-0.2, 0) is 0 Å². The van der Waals surface area contributed by atoms with E-state index in [9.17, 15) is 0 Å². The molecule has 0 saturated heterocycles. The molecule has 0 bridgehead atoms. The second-order valence-electron chi connectivity index (χ2n) is 4.24. The van der Waals surface area contributed by atoms with Gasteiger partial charge in [-0.25, -0.2) is 0 Å². The summed E-state index contributed by atoms with van der Waals surface area (Å²) < 4.78 is 1.36. The Morgan fingerprint density at radius 2 is 2.07 bits per heavy atom. The van der Waals surface area contributed by atoms with Gasteiger partial charge in [0.2, 0.25) is 0 Å². The average molecular weight is 328 g/mol. The van der Waals surface area contributed by atoms with Gasteiger partial charge in [-0.1, -0.05) is 56.2 Å². The van der Waals surface area contributed by atoms with Crippen LogP contribution in [0, 0.1) is 5.41 Å². The van der Waals surface area contributed by atoms with E-state index in [0.29, 0.717) is 5.41 Å². The molecular weight excluding hydrogens is 302 g/mol. The van der Waals surface area contributed by atoms with E-state index in [1.165, 1.54) is 43.0 Å². The van der Waals surface area contributed by atoms with Crippen molar-refractivity contribution < 1.29 is 0 Å². The summed E-state index contributed by atoms with van der Waals surface area (Å²) in [7, 11) is 3.02. The first-order valence-electron chi connectivity index (χ1n) is 6.04. The Hall–Kier alpha value is 1.16. The summed E-state index contributed by atoms with van der Waals surface area (Å²) in [6, 6.07) is 0. The number of hydrogen-bond acceptors (Lipinski definition) is 0. The lowest BCUT2D eigenvalue weighted by Crippen LogP contribution is -2.30. The summed E-state index contributed by atoms with van der Waals surface area (Å²) in [6.07, 6.45) is 8.63. The van der Waals surface area contributed by atoms with Crippen molar-refractivity contribution in [2.75, 3.05) is 4.43 Å². The average Bonchev–Trinajstić information content (AvgIpc) is 2.21. The smallest absolute Gasteiger partial charge is 0.00522 e. The largest absolute Gasteiger partial charge is 0.134 e. The molecule has 0 amide bonds. The SMILES string of the molecule is CC.CCCC1(CI)CCCC(P)C1. The Labute approximate surface area is 106 Å².